The molecule has 3 N–H and O–H groups in total. The van der Waals surface area contributed by atoms with E-state index in [9.17, 15) is 13.5 Å². The molecule has 1 aliphatic rings. The van der Waals surface area contributed by atoms with E-state index in [1.165, 1.54) is 0 Å². The molecule has 1 saturated carbocycles. The van der Waals surface area contributed by atoms with Gasteiger partial charge < -0.3 is 10.4 Å². The summed E-state index contributed by atoms with van der Waals surface area (Å²) < 4.78 is 25.9. The first-order valence-corrected chi connectivity index (χ1v) is 7.53. The van der Waals surface area contributed by atoms with Gasteiger partial charge in [0.05, 0.1) is 11.9 Å². The second-order valence-electron chi connectivity index (χ2n) is 4.35. The third kappa shape index (κ3) is 4.78. The molecule has 1 fully saturated rings. The molecule has 6 heteroatoms. The zero-order valence-corrected chi connectivity index (χ0v) is 10.6. The minimum Gasteiger partial charge on any atom is -0.391 e. The summed E-state index contributed by atoms with van der Waals surface area (Å²) in [4.78, 5) is 0. The Bertz CT molecular complexity index is 292. The number of aliphatic hydroxyl groups excluding tert-OH is 1. The zero-order valence-electron chi connectivity index (χ0n) is 9.78. The van der Waals surface area contributed by atoms with Crippen LogP contribution in [0.15, 0.2) is 0 Å². The van der Waals surface area contributed by atoms with Crippen LogP contribution in [0.4, 0.5) is 0 Å². The Morgan fingerprint density at radius 3 is 2.62 bits per heavy atom. The smallest absolute Gasteiger partial charge is 0.213 e. The predicted octanol–water partition coefficient (Wildman–Crippen LogP) is -0.181. The zero-order chi connectivity index (χ0) is 12.0. The summed E-state index contributed by atoms with van der Waals surface area (Å²) in [5.74, 6) is 0.0622. The molecule has 0 heterocycles. The van der Waals surface area contributed by atoms with Crippen LogP contribution in [0.1, 0.15) is 32.1 Å². The van der Waals surface area contributed by atoms with Gasteiger partial charge in [0.2, 0.25) is 10.0 Å². The maximum atomic E-state index is 11.7. The average Bonchev–Trinajstić information content (AvgIpc) is 2.41. The van der Waals surface area contributed by atoms with Gasteiger partial charge in [0.25, 0.3) is 0 Å². The summed E-state index contributed by atoms with van der Waals surface area (Å²) in [6.07, 6.45) is 3.93. The molecule has 5 nitrogen and oxygen atoms in total. The lowest BCUT2D eigenvalue weighted by Crippen LogP contribution is -2.44. The summed E-state index contributed by atoms with van der Waals surface area (Å²) in [5.41, 5.74) is 0. The molecule has 0 saturated heterocycles. The van der Waals surface area contributed by atoms with Crippen LogP contribution in [0.5, 0.6) is 0 Å². The third-order valence-corrected chi connectivity index (χ3v) is 4.33. The van der Waals surface area contributed by atoms with Crippen LogP contribution in [-0.2, 0) is 10.0 Å². The highest BCUT2D eigenvalue weighted by Crippen LogP contribution is 2.18. The Kier molecular flexibility index (Phi) is 5.68. The van der Waals surface area contributed by atoms with Gasteiger partial charge in [-0.3, -0.25) is 0 Å². The van der Waals surface area contributed by atoms with Crippen molar-refractivity contribution < 1.29 is 13.5 Å². The van der Waals surface area contributed by atoms with Gasteiger partial charge in [-0.05, 0) is 19.9 Å². The maximum Gasteiger partial charge on any atom is 0.213 e. The highest BCUT2D eigenvalue weighted by atomic mass is 32.2. The molecule has 0 radical (unpaired) electrons. The quantitative estimate of drug-likeness (QED) is 0.591. The first-order valence-electron chi connectivity index (χ1n) is 5.88. The topological polar surface area (TPSA) is 78.4 Å². The molecular weight excluding hydrogens is 228 g/mol. The number of aliphatic hydroxyl groups is 1. The lowest BCUT2D eigenvalue weighted by atomic mass is 10.1. The van der Waals surface area contributed by atoms with Gasteiger partial charge in [-0.2, -0.15) is 0 Å². The fourth-order valence-corrected chi connectivity index (χ4v) is 3.28. The maximum absolute atomic E-state index is 11.7. The number of nitrogens with one attached hydrogen (secondary N) is 2. The van der Waals surface area contributed by atoms with Crippen molar-refractivity contribution in [3.05, 3.63) is 0 Å². The molecule has 2 atom stereocenters. The van der Waals surface area contributed by atoms with Gasteiger partial charge >= 0.3 is 0 Å². The summed E-state index contributed by atoms with van der Waals surface area (Å²) in [7, 11) is -1.55. The van der Waals surface area contributed by atoms with Gasteiger partial charge in [-0.25, -0.2) is 13.1 Å². The van der Waals surface area contributed by atoms with E-state index in [0.29, 0.717) is 13.0 Å². The lowest BCUT2D eigenvalue weighted by Gasteiger charge is -2.21. The van der Waals surface area contributed by atoms with Crippen molar-refractivity contribution in [2.75, 3.05) is 19.3 Å². The number of hydrogen-bond acceptors (Lipinski definition) is 4. The first kappa shape index (κ1) is 13.9. The molecule has 16 heavy (non-hydrogen) atoms. The standard InChI is InChI=1S/C10H22N2O3S/c1-11-7-8-16(14,15)12-9-5-3-2-4-6-10(9)13/h9-13H,2-8H2,1H3. The van der Waals surface area contributed by atoms with E-state index in [4.69, 9.17) is 0 Å². The van der Waals surface area contributed by atoms with Gasteiger partial charge in [0.1, 0.15) is 0 Å². The SMILES string of the molecule is CNCCS(=O)(=O)NC1CCCCCC1O. The van der Waals surface area contributed by atoms with Crippen LogP contribution in [-0.4, -0.2) is 45.0 Å². The number of hydrogen-bond donors (Lipinski definition) is 3. The highest BCUT2D eigenvalue weighted by Gasteiger charge is 2.25. The number of sulfonamides is 1. The molecule has 2 unspecified atom stereocenters. The minimum absolute atomic E-state index is 0.0622. The van der Waals surface area contributed by atoms with Crippen LogP contribution < -0.4 is 10.0 Å². The number of rotatable bonds is 5. The molecule has 0 aromatic heterocycles. The van der Waals surface area contributed by atoms with Crippen molar-refractivity contribution in [1.82, 2.24) is 10.0 Å². The molecule has 0 amide bonds. The van der Waals surface area contributed by atoms with E-state index in [1.807, 2.05) is 0 Å². The Balaban J connectivity index is 2.50. The van der Waals surface area contributed by atoms with Crippen molar-refractivity contribution in [1.29, 1.82) is 0 Å². The average molecular weight is 250 g/mol. The van der Waals surface area contributed by atoms with Crippen molar-refractivity contribution in [3.63, 3.8) is 0 Å². The van der Waals surface area contributed by atoms with Crippen LogP contribution in [0.3, 0.4) is 0 Å². The van der Waals surface area contributed by atoms with Crippen molar-refractivity contribution in [2.24, 2.45) is 0 Å². The van der Waals surface area contributed by atoms with Gasteiger partial charge in [0, 0.05) is 12.6 Å². The summed E-state index contributed by atoms with van der Waals surface area (Å²) in [5, 5.41) is 12.6. The normalized spacial score (nSPS) is 27.6. The predicted molar refractivity (Wildman–Crippen MR) is 63.7 cm³/mol. The molecule has 1 rings (SSSR count). The molecule has 96 valence electrons. The first-order chi connectivity index (χ1) is 7.55. The third-order valence-electron chi connectivity index (χ3n) is 2.93. The monoisotopic (exact) mass is 250 g/mol. The molecule has 0 spiro atoms. The summed E-state index contributed by atoms with van der Waals surface area (Å²) in [6, 6.07) is -0.302. The molecule has 1 aliphatic carbocycles. The summed E-state index contributed by atoms with van der Waals surface area (Å²) >= 11 is 0. The fourth-order valence-electron chi connectivity index (χ4n) is 1.95. The molecular formula is C10H22N2O3S. The van der Waals surface area contributed by atoms with E-state index in [1.54, 1.807) is 7.05 Å². The van der Waals surface area contributed by atoms with Crippen molar-refractivity contribution >= 4 is 10.0 Å². The van der Waals surface area contributed by atoms with Gasteiger partial charge in [-0.1, -0.05) is 19.3 Å². The van der Waals surface area contributed by atoms with E-state index in [0.717, 1.165) is 25.7 Å². The molecule has 0 aromatic carbocycles. The van der Waals surface area contributed by atoms with Crippen molar-refractivity contribution in [3.8, 4) is 0 Å². The van der Waals surface area contributed by atoms with Gasteiger partial charge in [-0.15, -0.1) is 0 Å². The second kappa shape index (κ2) is 6.54. The Labute approximate surface area is 97.7 Å². The fraction of sp³-hybridized carbons (Fsp3) is 1.00. The van der Waals surface area contributed by atoms with Crippen LogP contribution >= 0.6 is 0 Å². The van der Waals surface area contributed by atoms with Crippen molar-refractivity contribution in [2.45, 2.75) is 44.2 Å². The molecule has 0 aliphatic heterocycles. The van der Waals surface area contributed by atoms with E-state index >= 15 is 0 Å². The van der Waals surface area contributed by atoms with E-state index < -0.39 is 16.1 Å². The van der Waals surface area contributed by atoms with Crippen LogP contribution in [0, 0.1) is 0 Å². The second-order valence-corrected chi connectivity index (χ2v) is 6.23. The Hall–Kier alpha value is -0.170. The summed E-state index contributed by atoms with van der Waals surface area (Å²) in [6.45, 7) is 0.429. The van der Waals surface area contributed by atoms with Crippen LogP contribution in [0.25, 0.3) is 0 Å². The Morgan fingerprint density at radius 1 is 1.25 bits per heavy atom. The Morgan fingerprint density at radius 2 is 1.94 bits per heavy atom. The van der Waals surface area contributed by atoms with Gasteiger partial charge in [0.15, 0.2) is 0 Å². The highest BCUT2D eigenvalue weighted by molar-refractivity contribution is 7.89. The molecule has 0 aromatic rings. The minimum atomic E-state index is -3.26. The van der Waals surface area contributed by atoms with E-state index in [-0.39, 0.29) is 11.8 Å². The van der Waals surface area contributed by atoms with Crippen LogP contribution in [0.2, 0.25) is 0 Å². The lowest BCUT2D eigenvalue weighted by molar-refractivity contribution is 0.130. The largest absolute Gasteiger partial charge is 0.391 e. The molecule has 0 bridgehead atoms. The van der Waals surface area contributed by atoms with E-state index in [2.05, 4.69) is 10.0 Å².